The molecule has 1 aliphatic rings. The van der Waals surface area contributed by atoms with Crippen LogP contribution in [0.2, 0.25) is 5.02 Å². The molecule has 1 fully saturated rings. The summed E-state index contributed by atoms with van der Waals surface area (Å²) in [5.41, 5.74) is 0.202. The van der Waals surface area contributed by atoms with Gasteiger partial charge in [0.05, 0.1) is 12.7 Å². The molecule has 27 heavy (non-hydrogen) atoms. The van der Waals surface area contributed by atoms with Gasteiger partial charge in [0, 0.05) is 37.3 Å². The summed E-state index contributed by atoms with van der Waals surface area (Å²) < 4.78 is 5.26. The molecule has 0 saturated carbocycles. The highest BCUT2D eigenvalue weighted by Gasteiger charge is 2.25. The first kappa shape index (κ1) is 18.9. The van der Waals surface area contributed by atoms with Crippen molar-refractivity contribution in [3.63, 3.8) is 0 Å². The van der Waals surface area contributed by atoms with E-state index in [2.05, 4.69) is 10.2 Å². The number of aromatic amines is 1. The maximum atomic E-state index is 12.9. The number of carbonyl (C=O) groups excluding carboxylic acids is 2. The van der Waals surface area contributed by atoms with Crippen molar-refractivity contribution < 1.29 is 14.3 Å². The molecule has 1 aliphatic heterocycles. The fourth-order valence-electron chi connectivity index (χ4n) is 2.97. The molecule has 9 heteroatoms. The molecule has 1 N–H and O–H groups in total. The van der Waals surface area contributed by atoms with Crippen LogP contribution in [0.15, 0.2) is 35.1 Å². The van der Waals surface area contributed by atoms with Gasteiger partial charge in [-0.1, -0.05) is 11.6 Å². The molecule has 2 amide bonds. The van der Waals surface area contributed by atoms with Crippen molar-refractivity contribution in [3.05, 3.63) is 57.0 Å². The summed E-state index contributed by atoms with van der Waals surface area (Å²) in [6.07, 6.45) is 0.629. The molecule has 0 unspecified atom stereocenters. The van der Waals surface area contributed by atoms with Crippen LogP contribution >= 0.6 is 11.6 Å². The van der Waals surface area contributed by atoms with Crippen LogP contribution in [0.25, 0.3) is 0 Å². The average Bonchev–Trinajstić information content (AvgIpc) is 2.93. The SMILES string of the molecule is COc1ccc(Cl)cc1C(=O)N1CCCN(C(=O)c2ccc(=O)[nH]n2)CC1. The molecule has 142 valence electrons. The van der Waals surface area contributed by atoms with Gasteiger partial charge in [0.15, 0.2) is 0 Å². The molecule has 3 rings (SSSR count). The lowest BCUT2D eigenvalue weighted by molar-refractivity contribution is 0.0713. The van der Waals surface area contributed by atoms with E-state index in [0.29, 0.717) is 48.9 Å². The van der Waals surface area contributed by atoms with Gasteiger partial charge in [-0.2, -0.15) is 5.10 Å². The van der Waals surface area contributed by atoms with E-state index in [9.17, 15) is 14.4 Å². The third-order valence-corrected chi connectivity index (χ3v) is 4.60. The average molecular weight is 391 g/mol. The fourth-order valence-corrected chi connectivity index (χ4v) is 3.14. The van der Waals surface area contributed by atoms with Crippen molar-refractivity contribution in [3.8, 4) is 5.75 Å². The number of hydrogen-bond donors (Lipinski definition) is 1. The normalized spacial score (nSPS) is 14.6. The number of carbonyl (C=O) groups is 2. The maximum Gasteiger partial charge on any atom is 0.274 e. The van der Waals surface area contributed by atoms with Gasteiger partial charge in [0.2, 0.25) is 0 Å². The molecule has 0 bridgehead atoms. The summed E-state index contributed by atoms with van der Waals surface area (Å²) in [4.78, 5) is 39.9. The number of halogens is 1. The van der Waals surface area contributed by atoms with E-state index in [0.717, 1.165) is 0 Å². The minimum absolute atomic E-state index is 0.172. The zero-order valence-electron chi connectivity index (χ0n) is 14.8. The Hall–Kier alpha value is -2.87. The van der Waals surface area contributed by atoms with Crippen molar-refractivity contribution in [2.45, 2.75) is 6.42 Å². The number of hydrogen-bond acceptors (Lipinski definition) is 5. The van der Waals surface area contributed by atoms with Crippen molar-refractivity contribution in [2.75, 3.05) is 33.3 Å². The number of nitrogens with zero attached hydrogens (tertiary/aromatic N) is 3. The minimum atomic E-state index is -0.366. The van der Waals surface area contributed by atoms with Crippen LogP contribution in [0.1, 0.15) is 27.3 Å². The van der Waals surface area contributed by atoms with Crippen LogP contribution in [-0.2, 0) is 0 Å². The van der Waals surface area contributed by atoms with Gasteiger partial charge in [0.25, 0.3) is 17.4 Å². The Morgan fingerprint density at radius 3 is 2.41 bits per heavy atom. The van der Waals surface area contributed by atoms with E-state index in [1.54, 1.807) is 28.0 Å². The number of H-pyrrole nitrogens is 1. The Morgan fingerprint density at radius 2 is 1.78 bits per heavy atom. The minimum Gasteiger partial charge on any atom is -0.496 e. The highest BCUT2D eigenvalue weighted by atomic mass is 35.5. The fraction of sp³-hybridized carbons (Fsp3) is 0.333. The Kier molecular flexibility index (Phi) is 5.75. The topological polar surface area (TPSA) is 95.6 Å². The van der Waals surface area contributed by atoms with E-state index in [1.807, 2.05) is 0 Å². The van der Waals surface area contributed by atoms with Crippen LogP contribution < -0.4 is 10.3 Å². The number of methoxy groups -OCH3 is 1. The van der Waals surface area contributed by atoms with Gasteiger partial charge in [0.1, 0.15) is 11.4 Å². The standard InChI is InChI=1S/C18H19ClN4O4/c1-27-15-5-3-12(19)11-13(15)17(25)22-7-2-8-23(10-9-22)18(26)14-4-6-16(24)21-20-14/h3-6,11H,2,7-10H2,1H3,(H,21,24). The zero-order chi connectivity index (χ0) is 19.4. The smallest absolute Gasteiger partial charge is 0.274 e. The predicted octanol–water partition coefficient (Wildman–Crippen LogP) is 1.42. The van der Waals surface area contributed by atoms with E-state index in [4.69, 9.17) is 16.3 Å². The zero-order valence-corrected chi connectivity index (χ0v) is 15.5. The lowest BCUT2D eigenvalue weighted by Gasteiger charge is -2.22. The molecule has 0 aliphatic carbocycles. The van der Waals surface area contributed by atoms with Crippen molar-refractivity contribution >= 4 is 23.4 Å². The van der Waals surface area contributed by atoms with Gasteiger partial charge in [-0.3, -0.25) is 14.4 Å². The van der Waals surface area contributed by atoms with Crippen molar-refractivity contribution in [2.24, 2.45) is 0 Å². The summed E-state index contributed by atoms with van der Waals surface area (Å²) in [5, 5.41) is 6.49. The van der Waals surface area contributed by atoms with E-state index < -0.39 is 0 Å². The molecule has 0 atom stereocenters. The van der Waals surface area contributed by atoms with Gasteiger partial charge in [-0.15, -0.1) is 0 Å². The Morgan fingerprint density at radius 1 is 1.07 bits per heavy atom. The second kappa shape index (κ2) is 8.22. The van der Waals surface area contributed by atoms with Crippen molar-refractivity contribution in [1.82, 2.24) is 20.0 Å². The third-order valence-electron chi connectivity index (χ3n) is 4.36. The summed E-state index contributed by atoms with van der Waals surface area (Å²) >= 11 is 6.02. The number of ether oxygens (including phenoxy) is 1. The Bertz CT molecular complexity index is 894. The summed E-state index contributed by atoms with van der Waals surface area (Å²) in [6, 6.07) is 7.56. The van der Waals surface area contributed by atoms with E-state index in [-0.39, 0.29) is 23.1 Å². The first-order chi connectivity index (χ1) is 13.0. The number of nitrogens with one attached hydrogen (secondary N) is 1. The van der Waals surface area contributed by atoms with Crippen LogP contribution in [-0.4, -0.2) is 65.1 Å². The molecule has 1 saturated heterocycles. The lowest BCUT2D eigenvalue weighted by atomic mass is 10.1. The van der Waals surface area contributed by atoms with Crippen LogP contribution in [0.5, 0.6) is 5.75 Å². The van der Waals surface area contributed by atoms with Crippen LogP contribution in [0.3, 0.4) is 0 Å². The summed E-state index contributed by atoms with van der Waals surface area (Å²) in [7, 11) is 1.50. The molecule has 8 nitrogen and oxygen atoms in total. The van der Waals surface area contributed by atoms with Crippen LogP contribution in [0.4, 0.5) is 0 Å². The van der Waals surface area contributed by atoms with Gasteiger partial charge in [-0.25, -0.2) is 5.10 Å². The number of aromatic nitrogens is 2. The van der Waals surface area contributed by atoms with E-state index in [1.165, 1.54) is 19.2 Å². The van der Waals surface area contributed by atoms with Gasteiger partial charge >= 0.3 is 0 Å². The molecular weight excluding hydrogens is 372 g/mol. The van der Waals surface area contributed by atoms with Crippen molar-refractivity contribution in [1.29, 1.82) is 0 Å². The van der Waals surface area contributed by atoms with Crippen LogP contribution in [0, 0.1) is 0 Å². The quantitative estimate of drug-likeness (QED) is 0.855. The largest absolute Gasteiger partial charge is 0.496 e. The molecular formula is C18H19ClN4O4. The second-order valence-corrected chi connectivity index (χ2v) is 6.53. The highest BCUT2D eigenvalue weighted by Crippen LogP contribution is 2.24. The third kappa shape index (κ3) is 4.28. The summed E-state index contributed by atoms with van der Waals surface area (Å²) in [5.74, 6) is -0.00859. The molecule has 2 aromatic rings. The first-order valence-corrected chi connectivity index (χ1v) is 8.85. The lowest BCUT2D eigenvalue weighted by Crippen LogP contribution is -2.38. The number of rotatable bonds is 3. The maximum absolute atomic E-state index is 12.9. The molecule has 1 aromatic heterocycles. The Balaban J connectivity index is 1.72. The molecule has 0 radical (unpaired) electrons. The summed E-state index contributed by atoms with van der Waals surface area (Å²) in [6.45, 7) is 1.76. The monoisotopic (exact) mass is 390 g/mol. The van der Waals surface area contributed by atoms with Gasteiger partial charge < -0.3 is 14.5 Å². The van der Waals surface area contributed by atoms with Gasteiger partial charge in [-0.05, 0) is 30.7 Å². The molecule has 2 heterocycles. The molecule has 1 aromatic carbocycles. The first-order valence-electron chi connectivity index (χ1n) is 8.47. The highest BCUT2D eigenvalue weighted by molar-refractivity contribution is 6.31. The predicted molar refractivity (Wildman–Crippen MR) is 99.3 cm³/mol. The number of amides is 2. The van der Waals surface area contributed by atoms with E-state index >= 15 is 0 Å². The second-order valence-electron chi connectivity index (χ2n) is 6.09. The number of benzene rings is 1. The Labute approximate surface area is 160 Å². The molecule has 0 spiro atoms.